The maximum absolute atomic E-state index is 10.4. The topological polar surface area (TPSA) is 49.3 Å². The fourth-order valence-corrected chi connectivity index (χ4v) is 0.850. The van der Waals surface area contributed by atoms with Crippen LogP contribution in [0, 0.1) is 0 Å². The highest BCUT2D eigenvalue weighted by atomic mass is 32.2. The van der Waals surface area contributed by atoms with Gasteiger partial charge >= 0.3 is 0 Å². The second kappa shape index (κ2) is 2.19. The lowest BCUT2D eigenvalue weighted by Gasteiger charge is -2.09. The van der Waals surface area contributed by atoms with E-state index in [0.29, 0.717) is 0 Å². The molecule has 0 saturated carbocycles. The second-order valence-electron chi connectivity index (χ2n) is 1.30. The molecule has 1 heterocycles. The molecule has 0 bridgehead atoms. The van der Waals surface area contributed by atoms with E-state index in [1.807, 2.05) is 0 Å². The molecule has 2 N–H and O–H groups in total. The molecule has 0 aromatic rings. The van der Waals surface area contributed by atoms with Crippen molar-refractivity contribution in [3.8, 4) is 0 Å². The van der Waals surface area contributed by atoms with Gasteiger partial charge in [0.2, 0.25) is 0 Å². The van der Waals surface area contributed by atoms with Crippen LogP contribution in [-0.2, 0) is 4.79 Å². The summed E-state index contributed by atoms with van der Waals surface area (Å²) in [5.41, 5.74) is -0.917. The van der Waals surface area contributed by atoms with Gasteiger partial charge in [-0.3, -0.25) is 4.79 Å². The molecule has 0 spiro atoms. The maximum Gasteiger partial charge on any atom is 0.263 e. The minimum absolute atomic E-state index is 0.350. The van der Waals surface area contributed by atoms with Crippen LogP contribution < -0.4 is 5.32 Å². The predicted molar refractivity (Wildman–Crippen MR) is 30.9 cm³/mol. The highest BCUT2D eigenvalue weighted by Crippen LogP contribution is 2.11. The molecular weight excluding hydrogens is 126 g/mol. The van der Waals surface area contributed by atoms with Crippen molar-refractivity contribution in [3.05, 3.63) is 11.6 Å². The minimum atomic E-state index is -0.917. The lowest BCUT2D eigenvalue weighted by Crippen LogP contribution is -2.30. The van der Waals surface area contributed by atoms with E-state index >= 15 is 0 Å². The van der Waals surface area contributed by atoms with Gasteiger partial charge in [0.1, 0.15) is 0 Å². The van der Waals surface area contributed by atoms with Crippen LogP contribution in [0.2, 0.25) is 0 Å². The summed E-state index contributed by atoms with van der Waals surface area (Å²) in [4.78, 5) is 10.4. The summed E-state index contributed by atoms with van der Waals surface area (Å²) < 4.78 is 0. The molecule has 1 aliphatic heterocycles. The maximum atomic E-state index is 10.4. The van der Waals surface area contributed by atoms with Crippen LogP contribution in [0.1, 0.15) is 0 Å². The molecule has 0 aromatic carbocycles. The Morgan fingerprint density at radius 1 is 1.88 bits per heavy atom. The molecule has 0 fully saturated rings. The largest absolute Gasteiger partial charge is 0.373 e. The van der Waals surface area contributed by atoms with Gasteiger partial charge in [-0.05, 0) is 5.41 Å². The molecule has 0 aliphatic carbocycles. The number of rotatable bonds is 0. The molecule has 0 radical (unpaired) electrons. The number of thioether (sulfide) groups is 1. The van der Waals surface area contributed by atoms with Crippen LogP contribution in [0.4, 0.5) is 0 Å². The van der Waals surface area contributed by atoms with E-state index in [4.69, 9.17) is 5.11 Å². The van der Waals surface area contributed by atoms with Gasteiger partial charge in [0.05, 0.1) is 0 Å². The first-order chi connectivity index (χ1) is 3.80. The number of aliphatic hydroxyl groups excluding tert-OH is 1. The molecule has 1 aliphatic rings. The fourth-order valence-electron chi connectivity index (χ4n) is 0.363. The quantitative estimate of drug-likeness (QED) is 0.472. The summed E-state index contributed by atoms with van der Waals surface area (Å²) in [6.07, 6.45) is 1.50. The average Bonchev–Trinajstić information content (AvgIpc) is 1.77. The lowest BCUT2D eigenvalue weighted by atomic mass is 10.6. The number of amides is 1. The van der Waals surface area contributed by atoms with Gasteiger partial charge in [-0.25, -0.2) is 0 Å². The molecule has 1 atom stereocenters. The van der Waals surface area contributed by atoms with Crippen molar-refractivity contribution in [1.29, 1.82) is 0 Å². The molecule has 1 unspecified atom stereocenters. The summed E-state index contributed by atoms with van der Waals surface area (Å²) >= 11 is 1.09. The van der Waals surface area contributed by atoms with Crippen LogP contribution in [0.25, 0.3) is 0 Å². The standard InChI is InChI=1S/C4H5NO2S/c6-3-4(7)8-2-1-5-3/h1-2,4,7H,(H,5,6). The van der Waals surface area contributed by atoms with E-state index in [1.54, 1.807) is 5.41 Å². The first-order valence-electron chi connectivity index (χ1n) is 2.09. The van der Waals surface area contributed by atoms with Crippen LogP contribution in [0.15, 0.2) is 11.6 Å². The Labute approximate surface area is 50.8 Å². The van der Waals surface area contributed by atoms with Crippen molar-refractivity contribution in [1.82, 2.24) is 5.32 Å². The van der Waals surface area contributed by atoms with E-state index in [9.17, 15) is 4.79 Å². The third-order valence-corrected chi connectivity index (χ3v) is 1.49. The Hall–Kier alpha value is -0.480. The molecule has 1 rings (SSSR count). The zero-order chi connectivity index (χ0) is 5.98. The Morgan fingerprint density at radius 3 is 3.00 bits per heavy atom. The SMILES string of the molecule is O=C1NC=CSC1O. The molecule has 1 amide bonds. The summed E-state index contributed by atoms with van der Waals surface area (Å²) in [5, 5.41) is 12.6. The zero-order valence-electron chi connectivity index (χ0n) is 4.00. The predicted octanol–water partition coefficient (Wildman–Crippen LogP) is -0.361. The molecule has 44 valence electrons. The van der Waals surface area contributed by atoms with Crippen molar-refractivity contribution >= 4 is 17.7 Å². The van der Waals surface area contributed by atoms with E-state index in [-0.39, 0.29) is 5.91 Å². The molecule has 3 nitrogen and oxygen atoms in total. The fraction of sp³-hybridized carbons (Fsp3) is 0.250. The van der Waals surface area contributed by atoms with E-state index < -0.39 is 5.44 Å². The number of hydrogen-bond acceptors (Lipinski definition) is 3. The van der Waals surface area contributed by atoms with Gasteiger partial charge in [0.15, 0.2) is 5.44 Å². The summed E-state index contributed by atoms with van der Waals surface area (Å²) in [5.74, 6) is -0.350. The Kier molecular flexibility index (Phi) is 1.55. The van der Waals surface area contributed by atoms with E-state index in [1.165, 1.54) is 6.20 Å². The molecule has 8 heavy (non-hydrogen) atoms. The third-order valence-electron chi connectivity index (χ3n) is 0.725. The molecule has 0 aromatic heterocycles. The van der Waals surface area contributed by atoms with Crippen LogP contribution >= 0.6 is 11.8 Å². The van der Waals surface area contributed by atoms with Crippen LogP contribution in [0.5, 0.6) is 0 Å². The van der Waals surface area contributed by atoms with Crippen LogP contribution in [-0.4, -0.2) is 16.4 Å². The lowest BCUT2D eigenvalue weighted by molar-refractivity contribution is -0.124. The molecule has 4 heteroatoms. The normalized spacial score (nSPS) is 27.6. The highest BCUT2D eigenvalue weighted by Gasteiger charge is 2.14. The van der Waals surface area contributed by atoms with Crippen molar-refractivity contribution in [2.75, 3.05) is 0 Å². The Balaban J connectivity index is 2.57. The number of hydrogen-bond donors (Lipinski definition) is 2. The number of carbonyl (C=O) groups excluding carboxylic acids is 1. The molecule has 0 saturated heterocycles. The van der Waals surface area contributed by atoms with E-state index in [0.717, 1.165) is 11.8 Å². The van der Waals surface area contributed by atoms with Crippen molar-refractivity contribution < 1.29 is 9.90 Å². The summed E-state index contributed by atoms with van der Waals surface area (Å²) in [7, 11) is 0. The van der Waals surface area contributed by atoms with Gasteiger partial charge in [-0.1, -0.05) is 11.8 Å². The second-order valence-corrected chi connectivity index (χ2v) is 2.29. The highest BCUT2D eigenvalue weighted by molar-refractivity contribution is 8.03. The number of carbonyl (C=O) groups is 1. The average molecular weight is 131 g/mol. The first-order valence-corrected chi connectivity index (χ1v) is 3.04. The summed E-state index contributed by atoms with van der Waals surface area (Å²) in [6.45, 7) is 0. The number of aliphatic hydroxyl groups is 1. The van der Waals surface area contributed by atoms with Crippen molar-refractivity contribution in [2.24, 2.45) is 0 Å². The number of nitrogens with one attached hydrogen (secondary N) is 1. The molecular formula is C4H5NO2S. The van der Waals surface area contributed by atoms with Gasteiger partial charge in [-0.15, -0.1) is 0 Å². The Morgan fingerprint density at radius 2 is 2.62 bits per heavy atom. The minimum Gasteiger partial charge on any atom is -0.373 e. The third kappa shape index (κ3) is 1.02. The van der Waals surface area contributed by atoms with Crippen LogP contribution in [0.3, 0.4) is 0 Å². The zero-order valence-corrected chi connectivity index (χ0v) is 4.81. The van der Waals surface area contributed by atoms with Gasteiger partial charge in [0.25, 0.3) is 5.91 Å². The van der Waals surface area contributed by atoms with E-state index in [2.05, 4.69) is 5.32 Å². The first kappa shape index (κ1) is 5.65. The monoisotopic (exact) mass is 131 g/mol. The van der Waals surface area contributed by atoms with Gasteiger partial charge in [0, 0.05) is 6.20 Å². The smallest absolute Gasteiger partial charge is 0.263 e. The van der Waals surface area contributed by atoms with Gasteiger partial charge < -0.3 is 10.4 Å². The van der Waals surface area contributed by atoms with Crippen molar-refractivity contribution in [2.45, 2.75) is 5.44 Å². The Bertz CT molecular complexity index is 134. The summed E-state index contributed by atoms with van der Waals surface area (Å²) in [6, 6.07) is 0. The van der Waals surface area contributed by atoms with Crippen molar-refractivity contribution in [3.63, 3.8) is 0 Å². The van der Waals surface area contributed by atoms with Gasteiger partial charge in [-0.2, -0.15) is 0 Å².